The number of thiol groups is 2. The highest BCUT2D eigenvalue weighted by molar-refractivity contribution is 7.81. The molecule has 0 nitrogen and oxygen atoms in total. The summed E-state index contributed by atoms with van der Waals surface area (Å²) in [4.78, 5) is 1.29. The minimum Gasteiger partial charge on any atom is -0.144 e. The van der Waals surface area contributed by atoms with Gasteiger partial charge in [-0.25, -0.2) is 0 Å². The predicted molar refractivity (Wildman–Crippen MR) is 61.8 cm³/mol. The zero-order chi connectivity index (χ0) is 9.46. The van der Waals surface area contributed by atoms with Crippen molar-refractivity contribution in [3.63, 3.8) is 0 Å². The fraction of sp³-hybridized carbons (Fsp3) is 0.143. The van der Waals surface area contributed by atoms with Gasteiger partial charge in [0.05, 0.1) is 0 Å². The molecule has 0 unspecified atom stereocenters. The van der Waals surface area contributed by atoms with E-state index in [1.54, 1.807) is 0 Å². The second-order valence-corrected chi connectivity index (χ2v) is 3.46. The Morgan fingerprint density at radius 3 is 1.50 bits per heavy atom. The van der Waals surface area contributed by atoms with Crippen molar-refractivity contribution in [1.29, 1.82) is 0 Å². The molecule has 0 aromatic heterocycles. The van der Waals surface area contributed by atoms with Crippen molar-refractivity contribution in [2.24, 2.45) is 0 Å². The van der Waals surface area contributed by atoms with Crippen LogP contribution in [-0.4, -0.2) is 23.5 Å². The van der Waals surface area contributed by atoms with Gasteiger partial charge < -0.3 is 0 Å². The van der Waals surface area contributed by atoms with Crippen LogP contribution in [-0.2, 0) is 0 Å². The molecule has 0 saturated carbocycles. The van der Waals surface area contributed by atoms with E-state index in [0.717, 1.165) is 5.56 Å². The first-order valence-corrected chi connectivity index (χ1v) is 4.21. The second-order valence-electron chi connectivity index (χ2n) is 2.56. The molecule has 54 valence electrons. The van der Waals surface area contributed by atoms with Crippen LogP contribution in [0.4, 0.5) is 0 Å². The Morgan fingerprint density at radius 2 is 1.17 bits per heavy atom. The van der Waals surface area contributed by atoms with E-state index in [2.05, 4.69) is 25.3 Å². The maximum atomic E-state index is 5.64. The number of benzene rings is 1. The van der Waals surface area contributed by atoms with E-state index < -0.39 is 0 Å². The van der Waals surface area contributed by atoms with Gasteiger partial charge in [-0.3, -0.25) is 0 Å². The van der Waals surface area contributed by atoms with Crippen LogP contribution >= 0.6 is 25.3 Å². The standard InChI is InChI=1S/C7H5B3S2/c1-2-6(11)4(9)3(8)5(10)7(2)12/h11-12H,1H3. The Morgan fingerprint density at radius 1 is 0.833 bits per heavy atom. The van der Waals surface area contributed by atoms with Gasteiger partial charge in [0.1, 0.15) is 23.5 Å². The van der Waals surface area contributed by atoms with Crippen LogP contribution in [0.15, 0.2) is 9.79 Å². The molecule has 1 aromatic carbocycles. The van der Waals surface area contributed by atoms with Crippen molar-refractivity contribution in [3.05, 3.63) is 5.56 Å². The fourth-order valence-corrected chi connectivity index (χ4v) is 1.47. The van der Waals surface area contributed by atoms with Crippen molar-refractivity contribution in [3.8, 4) is 0 Å². The Hall–Kier alpha value is 0.115. The minimum absolute atomic E-state index is 0.357. The Bertz CT molecular complexity index is 231. The van der Waals surface area contributed by atoms with Crippen molar-refractivity contribution >= 4 is 65.2 Å². The summed E-state index contributed by atoms with van der Waals surface area (Å²) in [5.74, 6) is 0. The van der Waals surface area contributed by atoms with E-state index in [1.165, 1.54) is 0 Å². The Kier molecular flexibility index (Phi) is 2.94. The van der Waals surface area contributed by atoms with Gasteiger partial charge in [0, 0.05) is 9.79 Å². The molecule has 0 atom stereocenters. The smallest absolute Gasteiger partial charge is 0.114 e. The minimum atomic E-state index is 0.357. The van der Waals surface area contributed by atoms with Crippen LogP contribution in [0.25, 0.3) is 0 Å². The Balaban J connectivity index is 3.60. The molecule has 0 saturated heterocycles. The van der Waals surface area contributed by atoms with Gasteiger partial charge in [-0.2, -0.15) is 0 Å². The highest BCUT2D eigenvalue weighted by Gasteiger charge is 2.07. The van der Waals surface area contributed by atoms with E-state index in [4.69, 9.17) is 23.5 Å². The third-order valence-corrected chi connectivity index (χ3v) is 2.95. The molecule has 0 bridgehead atoms. The van der Waals surface area contributed by atoms with E-state index in [0.29, 0.717) is 26.2 Å². The molecule has 1 aromatic rings. The van der Waals surface area contributed by atoms with Crippen molar-refractivity contribution in [2.75, 3.05) is 0 Å². The van der Waals surface area contributed by atoms with Crippen molar-refractivity contribution in [1.82, 2.24) is 0 Å². The lowest BCUT2D eigenvalue weighted by Crippen LogP contribution is -2.41. The third kappa shape index (κ3) is 1.45. The lowest BCUT2D eigenvalue weighted by Gasteiger charge is -2.15. The lowest BCUT2D eigenvalue weighted by atomic mass is 9.71. The molecule has 1 rings (SSSR count). The van der Waals surface area contributed by atoms with Gasteiger partial charge in [-0.05, 0) is 12.5 Å². The monoisotopic (exact) mass is 186 g/mol. The highest BCUT2D eigenvalue weighted by atomic mass is 32.1. The lowest BCUT2D eigenvalue weighted by molar-refractivity contribution is 1.26. The molecular formula is C7H5B3S2. The number of rotatable bonds is 0. The maximum absolute atomic E-state index is 5.64. The molecule has 0 heterocycles. The molecule has 0 aliphatic carbocycles. The molecule has 0 aliphatic rings. The average molecular weight is 186 g/mol. The first-order valence-electron chi connectivity index (χ1n) is 3.31. The van der Waals surface area contributed by atoms with Crippen molar-refractivity contribution < 1.29 is 0 Å². The first-order chi connectivity index (χ1) is 5.46. The van der Waals surface area contributed by atoms with E-state index in [-0.39, 0.29) is 0 Å². The van der Waals surface area contributed by atoms with Gasteiger partial charge in [-0.1, -0.05) is 10.9 Å². The first kappa shape index (κ1) is 10.2. The van der Waals surface area contributed by atoms with Crippen LogP contribution in [0, 0.1) is 6.92 Å². The second kappa shape index (κ2) is 3.47. The summed E-state index contributed by atoms with van der Waals surface area (Å²) >= 11 is 8.38. The topological polar surface area (TPSA) is 0 Å². The molecule has 6 radical (unpaired) electrons. The van der Waals surface area contributed by atoms with E-state index in [1.807, 2.05) is 6.92 Å². The number of hydrogen-bond acceptors (Lipinski definition) is 2. The molecular weight excluding hydrogens is 181 g/mol. The van der Waals surface area contributed by atoms with Gasteiger partial charge >= 0.3 is 0 Å². The maximum Gasteiger partial charge on any atom is 0.114 e. The van der Waals surface area contributed by atoms with Crippen LogP contribution in [0.3, 0.4) is 0 Å². The molecule has 0 N–H and O–H groups in total. The number of hydrogen-bond donors (Lipinski definition) is 2. The van der Waals surface area contributed by atoms with Crippen LogP contribution in [0.1, 0.15) is 5.56 Å². The molecule has 0 spiro atoms. The van der Waals surface area contributed by atoms with Gasteiger partial charge in [-0.15, -0.1) is 30.7 Å². The third-order valence-electron chi connectivity index (χ3n) is 1.80. The summed E-state index contributed by atoms with van der Waals surface area (Å²) in [6, 6.07) is 0. The zero-order valence-electron chi connectivity index (χ0n) is 6.63. The molecule has 12 heavy (non-hydrogen) atoms. The summed E-state index contributed by atoms with van der Waals surface area (Å²) in [7, 11) is 16.9. The zero-order valence-corrected chi connectivity index (χ0v) is 8.42. The fourth-order valence-electron chi connectivity index (χ4n) is 0.916. The quantitative estimate of drug-likeness (QED) is 0.374. The highest BCUT2D eigenvalue weighted by Crippen LogP contribution is 2.14. The normalized spacial score (nSPS) is 10.2. The van der Waals surface area contributed by atoms with E-state index in [9.17, 15) is 0 Å². The summed E-state index contributed by atoms with van der Waals surface area (Å²) in [6.45, 7) is 1.84. The van der Waals surface area contributed by atoms with Crippen molar-refractivity contribution in [2.45, 2.75) is 16.7 Å². The average Bonchev–Trinajstić information content (AvgIpc) is 2.08. The van der Waals surface area contributed by atoms with Gasteiger partial charge in [0.25, 0.3) is 0 Å². The molecule has 0 fully saturated rings. The molecule has 0 aliphatic heterocycles. The molecule has 0 amide bonds. The Labute approximate surface area is 87.6 Å². The van der Waals surface area contributed by atoms with Crippen LogP contribution in [0.5, 0.6) is 0 Å². The van der Waals surface area contributed by atoms with Crippen LogP contribution in [0.2, 0.25) is 0 Å². The van der Waals surface area contributed by atoms with Gasteiger partial charge in [0.2, 0.25) is 0 Å². The summed E-state index contributed by atoms with van der Waals surface area (Å²) in [6.07, 6.45) is 0. The summed E-state index contributed by atoms with van der Waals surface area (Å²) in [5.41, 5.74) is 2.05. The van der Waals surface area contributed by atoms with E-state index >= 15 is 0 Å². The SMILES string of the molecule is [B]c1c([B])c(S)c(C)c(S)c1[B]. The van der Waals surface area contributed by atoms with Crippen LogP contribution < -0.4 is 16.4 Å². The molecule has 5 heteroatoms. The summed E-state index contributed by atoms with van der Waals surface area (Å²) < 4.78 is 0. The predicted octanol–water partition coefficient (Wildman–Crippen LogP) is -1.05. The van der Waals surface area contributed by atoms with Gasteiger partial charge in [0.15, 0.2) is 0 Å². The largest absolute Gasteiger partial charge is 0.144 e. The summed E-state index contributed by atoms with van der Waals surface area (Å²) in [5, 5.41) is 0.